The summed E-state index contributed by atoms with van der Waals surface area (Å²) >= 11 is 3.45. The van der Waals surface area contributed by atoms with Gasteiger partial charge in [0.05, 0.1) is 12.1 Å². The van der Waals surface area contributed by atoms with Crippen molar-refractivity contribution in [1.82, 2.24) is 4.90 Å². The van der Waals surface area contributed by atoms with Crippen LogP contribution in [0, 0.1) is 0 Å². The number of ether oxygens (including phenoxy) is 1. The largest absolute Gasteiger partial charge is 0.494 e. The van der Waals surface area contributed by atoms with E-state index in [1.54, 1.807) is 0 Å². The van der Waals surface area contributed by atoms with Crippen LogP contribution in [0.1, 0.15) is 33.6 Å². The molecule has 0 aromatic heterocycles. The molecule has 0 aromatic carbocycles. The summed E-state index contributed by atoms with van der Waals surface area (Å²) in [7, 11) is 4.25. The van der Waals surface area contributed by atoms with E-state index in [0.29, 0.717) is 6.61 Å². The predicted molar refractivity (Wildman–Crippen MR) is 81.8 cm³/mol. The van der Waals surface area contributed by atoms with E-state index in [4.69, 9.17) is 4.74 Å². The van der Waals surface area contributed by atoms with E-state index in [9.17, 15) is 0 Å². The van der Waals surface area contributed by atoms with E-state index in [1.165, 1.54) is 11.1 Å². The van der Waals surface area contributed by atoms with Crippen LogP contribution in [0.25, 0.3) is 0 Å². The maximum Gasteiger partial charge on any atom is 0.120 e. The number of halogens is 1. The normalized spacial score (nSPS) is 23.6. The fourth-order valence-electron chi connectivity index (χ4n) is 2.52. The maximum atomic E-state index is 5.74. The van der Waals surface area contributed by atoms with Gasteiger partial charge in [0.1, 0.15) is 5.76 Å². The molecule has 0 heterocycles. The van der Waals surface area contributed by atoms with Crippen LogP contribution < -0.4 is 0 Å². The van der Waals surface area contributed by atoms with Crippen LogP contribution in [0.3, 0.4) is 0 Å². The number of nitrogens with zero attached hydrogens (tertiary/aromatic N) is 1. The van der Waals surface area contributed by atoms with Crippen LogP contribution in [-0.4, -0.2) is 31.1 Å². The molecule has 0 saturated heterocycles. The Balaban J connectivity index is 3.09. The smallest absolute Gasteiger partial charge is 0.120 e. The lowest BCUT2D eigenvalue weighted by molar-refractivity contribution is 0.219. The Bertz CT molecular complexity index is 395. The van der Waals surface area contributed by atoms with Gasteiger partial charge >= 0.3 is 0 Å². The molecule has 1 unspecified atom stereocenters. The highest BCUT2D eigenvalue weighted by atomic mass is 79.9. The van der Waals surface area contributed by atoms with Crippen molar-refractivity contribution in [3.05, 3.63) is 34.0 Å². The Morgan fingerprint density at radius 3 is 2.50 bits per heavy atom. The van der Waals surface area contributed by atoms with E-state index in [0.717, 1.165) is 23.1 Å². The molecule has 0 aromatic rings. The topological polar surface area (TPSA) is 12.5 Å². The van der Waals surface area contributed by atoms with Crippen LogP contribution in [0.4, 0.5) is 0 Å². The fourth-order valence-corrected chi connectivity index (χ4v) is 2.72. The zero-order valence-corrected chi connectivity index (χ0v) is 13.7. The minimum Gasteiger partial charge on any atom is -0.494 e. The summed E-state index contributed by atoms with van der Waals surface area (Å²) in [4.78, 5) is 2.27. The number of hydrogen-bond acceptors (Lipinski definition) is 2. The molecule has 1 aliphatic carbocycles. The van der Waals surface area contributed by atoms with Crippen molar-refractivity contribution in [3.8, 4) is 0 Å². The van der Waals surface area contributed by atoms with Gasteiger partial charge in [-0.1, -0.05) is 22.5 Å². The Labute approximate surface area is 120 Å². The molecule has 0 N–H and O–H groups in total. The zero-order valence-electron chi connectivity index (χ0n) is 12.1. The fraction of sp³-hybridized carbons (Fsp3) is 0.600. The third-order valence-electron chi connectivity index (χ3n) is 3.83. The van der Waals surface area contributed by atoms with E-state index in [2.05, 4.69) is 61.4 Å². The van der Waals surface area contributed by atoms with Crippen LogP contribution in [0.2, 0.25) is 0 Å². The first-order chi connectivity index (χ1) is 8.35. The number of allylic oxidation sites excluding steroid dienone is 2. The van der Waals surface area contributed by atoms with Crippen molar-refractivity contribution >= 4 is 15.9 Å². The highest BCUT2D eigenvalue weighted by Crippen LogP contribution is 2.41. The van der Waals surface area contributed by atoms with Gasteiger partial charge in [0, 0.05) is 0 Å². The summed E-state index contributed by atoms with van der Waals surface area (Å²) in [6.45, 7) is 11.0. The lowest BCUT2D eigenvalue weighted by Gasteiger charge is -2.36. The van der Waals surface area contributed by atoms with Crippen LogP contribution in [0.15, 0.2) is 34.0 Å². The summed E-state index contributed by atoms with van der Waals surface area (Å²) in [6, 6.07) is 0. The molecule has 3 heteroatoms. The van der Waals surface area contributed by atoms with Crippen LogP contribution >= 0.6 is 15.9 Å². The minimum absolute atomic E-state index is 0.0364. The van der Waals surface area contributed by atoms with Crippen molar-refractivity contribution in [2.45, 2.75) is 39.2 Å². The first-order valence-electron chi connectivity index (χ1n) is 6.39. The van der Waals surface area contributed by atoms with Crippen LogP contribution in [-0.2, 0) is 4.74 Å². The van der Waals surface area contributed by atoms with Gasteiger partial charge < -0.3 is 4.74 Å². The van der Waals surface area contributed by atoms with E-state index >= 15 is 0 Å². The molecule has 0 amide bonds. The van der Waals surface area contributed by atoms with Crippen molar-refractivity contribution < 1.29 is 4.74 Å². The third-order valence-corrected chi connectivity index (χ3v) is 4.22. The van der Waals surface area contributed by atoms with E-state index in [-0.39, 0.29) is 5.54 Å². The summed E-state index contributed by atoms with van der Waals surface area (Å²) < 4.78 is 6.79. The van der Waals surface area contributed by atoms with Gasteiger partial charge in [-0.15, -0.1) is 0 Å². The summed E-state index contributed by atoms with van der Waals surface area (Å²) in [6.07, 6.45) is 4.24. The lowest BCUT2D eigenvalue weighted by atomic mass is 9.86. The average molecular weight is 314 g/mol. The molecular formula is C15H24BrNO. The Morgan fingerprint density at radius 1 is 1.44 bits per heavy atom. The average Bonchev–Trinajstić information content (AvgIpc) is 2.53. The van der Waals surface area contributed by atoms with Gasteiger partial charge in [0.25, 0.3) is 0 Å². The van der Waals surface area contributed by atoms with E-state index < -0.39 is 0 Å². The second-order valence-corrected chi connectivity index (χ2v) is 6.15. The monoisotopic (exact) mass is 313 g/mol. The SMILES string of the molecule is C=C(Br)CCC1(N(C)C)C=C(OCC)C(C)=C1C. The quantitative estimate of drug-likeness (QED) is 0.727. The Morgan fingerprint density at radius 2 is 2.06 bits per heavy atom. The van der Waals surface area contributed by atoms with Gasteiger partial charge in [-0.05, 0) is 69.4 Å². The molecule has 1 atom stereocenters. The number of rotatable bonds is 6. The summed E-state index contributed by atoms with van der Waals surface area (Å²) in [5.41, 5.74) is 2.61. The molecule has 0 aliphatic heterocycles. The lowest BCUT2D eigenvalue weighted by Crippen LogP contribution is -2.42. The van der Waals surface area contributed by atoms with Gasteiger partial charge in [0.2, 0.25) is 0 Å². The highest BCUT2D eigenvalue weighted by molar-refractivity contribution is 9.11. The highest BCUT2D eigenvalue weighted by Gasteiger charge is 2.39. The van der Waals surface area contributed by atoms with Crippen molar-refractivity contribution in [1.29, 1.82) is 0 Å². The zero-order chi connectivity index (χ0) is 13.9. The first-order valence-corrected chi connectivity index (χ1v) is 7.19. The molecule has 18 heavy (non-hydrogen) atoms. The second kappa shape index (κ2) is 6.07. The maximum absolute atomic E-state index is 5.74. The Kier molecular flexibility index (Phi) is 5.23. The van der Waals surface area contributed by atoms with Crippen LogP contribution in [0.5, 0.6) is 0 Å². The molecule has 1 aliphatic rings. The first kappa shape index (κ1) is 15.5. The third kappa shape index (κ3) is 2.89. The number of hydrogen-bond donors (Lipinski definition) is 0. The van der Waals surface area contributed by atoms with Gasteiger partial charge in [-0.3, -0.25) is 4.90 Å². The number of likely N-dealkylation sites (N-methyl/N-ethyl adjacent to an activating group) is 1. The molecule has 1 rings (SSSR count). The molecule has 0 radical (unpaired) electrons. The standard InChI is InChI=1S/C15H24BrNO/c1-7-18-14-10-15(17(5)6,9-8-11(2)16)13(4)12(14)3/h10H,2,7-9H2,1,3-6H3. The van der Waals surface area contributed by atoms with Crippen molar-refractivity contribution in [2.75, 3.05) is 20.7 Å². The van der Waals surface area contributed by atoms with Crippen molar-refractivity contribution in [2.24, 2.45) is 0 Å². The molecule has 102 valence electrons. The molecule has 0 spiro atoms. The van der Waals surface area contributed by atoms with Gasteiger partial charge in [-0.25, -0.2) is 0 Å². The molecule has 0 saturated carbocycles. The van der Waals surface area contributed by atoms with Gasteiger partial charge in [-0.2, -0.15) is 0 Å². The molecule has 0 bridgehead atoms. The van der Waals surface area contributed by atoms with Gasteiger partial charge in [0.15, 0.2) is 0 Å². The van der Waals surface area contributed by atoms with Crippen molar-refractivity contribution in [3.63, 3.8) is 0 Å². The van der Waals surface area contributed by atoms with E-state index in [1.807, 2.05) is 6.92 Å². The Hall–Kier alpha value is -0.540. The molecule has 2 nitrogen and oxygen atoms in total. The molecule has 0 fully saturated rings. The minimum atomic E-state index is -0.0364. The second-order valence-electron chi connectivity index (χ2n) is 5.03. The summed E-state index contributed by atoms with van der Waals surface area (Å²) in [5.74, 6) is 1.03. The predicted octanol–water partition coefficient (Wildman–Crippen LogP) is 4.25. The summed E-state index contributed by atoms with van der Waals surface area (Å²) in [5, 5.41) is 0. The molecular weight excluding hydrogens is 290 g/mol.